The first-order valence-electron chi connectivity index (χ1n) is 13.0. The van der Waals surface area contributed by atoms with Gasteiger partial charge in [-0.15, -0.1) is 0 Å². The van der Waals surface area contributed by atoms with E-state index in [4.69, 9.17) is 0 Å². The van der Waals surface area contributed by atoms with Gasteiger partial charge in [-0.3, -0.25) is 14.6 Å². The minimum Gasteiger partial charge on any atom is -0.405 e. The van der Waals surface area contributed by atoms with Crippen molar-refractivity contribution in [2.75, 3.05) is 37.4 Å². The Morgan fingerprint density at radius 2 is 1.76 bits per heavy atom. The third-order valence-electron chi connectivity index (χ3n) is 6.28. The number of amides is 2. The summed E-state index contributed by atoms with van der Waals surface area (Å²) in [5.74, 6) is 0.166. The molecule has 0 bridgehead atoms. The quantitative estimate of drug-likeness (QED) is 0.526. The standard InChI is InChI=1S/C21H24N4O2.C6H15N.C2H5N/c1-23-19-9-8-18(11-15(19)7-10-20(23)26)22-12-21(27)24(2)25-13-16-5-3-4-6-17(16)14-25;1-4-5-7-6(2)3;1-2-3/h3-6,8-9,11,22H,7,10,12-14H2,1-2H3;6-7H,4-5H2,1-3H3;2H,1,3H2. The highest BCUT2D eigenvalue weighted by Gasteiger charge is 2.25. The lowest BCUT2D eigenvalue weighted by molar-refractivity contribution is -0.144. The van der Waals surface area contributed by atoms with E-state index in [1.165, 1.54) is 23.7 Å². The van der Waals surface area contributed by atoms with Crippen molar-refractivity contribution in [3.05, 3.63) is 71.9 Å². The average Bonchev–Trinajstić information content (AvgIpc) is 3.33. The molecule has 2 aromatic carbocycles. The first-order chi connectivity index (χ1) is 17.7. The van der Waals surface area contributed by atoms with Crippen LogP contribution in [-0.2, 0) is 29.1 Å². The lowest BCUT2D eigenvalue weighted by Crippen LogP contribution is -2.43. The Morgan fingerprint density at radius 1 is 1.14 bits per heavy atom. The number of aryl methyl sites for hydroxylation is 1. The highest BCUT2D eigenvalue weighted by atomic mass is 16.2. The molecule has 202 valence electrons. The maximum atomic E-state index is 12.6. The predicted octanol–water partition coefficient (Wildman–Crippen LogP) is 3.88. The second-order valence-corrected chi connectivity index (χ2v) is 9.50. The fraction of sp³-hybridized carbons (Fsp3) is 0.448. The van der Waals surface area contributed by atoms with E-state index in [0.29, 0.717) is 12.5 Å². The zero-order valence-electron chi connectivity index (χ0n) is 23.1. The SMILES string of the molecule is C=CN.CCCNC(C)C.CN1C(=O)CCc2cc(NCC(=O)N(C)N3Cc4ccccc4C3)ccc21. The predicted molar refractivity (Wildman–Crippen MR) is 153 cm³/mol. The number of carbonyl (C=O) groups is 2. The monoisotopic (exact) mass is 508 g/mol. The van der Waals surface area contributed by atoms with Crippen molar-refractivity contribution < 1.29 is 9.59 Å². The van der Waals surface area contributed by atoms with Gasteiger partial charge in [0.15, 0.2) is 0 Å². The van der Waals surface area contributed by atoms with Crippen LogP contribution in [0.3, 0.4) is 0 Å². The van der Waals surface area contributed by atoms with Crippen LogP contribution in [0.2, 0.25) is 0 Å². The van der Waals surface area contributed by atoms with Crippen molar-refractivity contribution in [2.24, 2.45) is 5.73 Å². The van der Waals surface area contributed by atoms with Gasteiger partial charge in [0.1, 0.15) is 0 Å². The first-order valence-corrected chi connectivity index (χ1v) is 13.0. The molecule has 0 aliphatic carbocycles. The van der Waals surface area contributed by atoms with E-state index in [2.05, 4.69) is 60.9 Å². The zero-order valence-corrected chi connectivity index (χ0v) is 23.1. The molecular weight excluding hydrogens is 464 g/mol. The number of likely N-dealkylation sites (N-methyl/N-ethyl adjacent to an activating group) is 1. The van der Waals surface area contributed by atoms with Crippen molar-refractivity contribution in [2.45, 2.75) is 59.2 Å². The fourth-order valence-electron chi connectivity index (χ4n) is 4.18. The summed E-state index contributed by atoms with van der Waals surface area (Å²) in [7, 11) is 3.63. The van der Waals surface area contributed by atoms with Crippen LogP contribution in [0.1, 0.15) is 50.3 Å². The van der Waals surface area contributed by atoms with Gasteiger partial charge in [-0.2, -0.15) is 0 Å². The zero-order chi connectivity index (χ0) is 27.4. The largest absolute Gasteiger partial charge is 0.405 e. The number of fused-ring (bicyclic) bond motifs is 2. The molecule has 4 N–H and O–H groups in total. The topological polar surface area (TPSA) is 93.9 Å². The van der Waals surface area contributed by atoms with Gasteiger partial charge in [0.25, 0.3) is 5.91 Å². The third kappa shape index (κ3) is 8.91. The number of hydrogen-bond donors (Lipinski definition) is 3. The number of nitrogens with zero attached hydrogens (tertiary/aromatic N) is 3. The summed E-state index contributed by atoms with van der Waals surface area (Å²) in [5, 5.41) is 10.3. The summed E-state index contributed by atoms with van der Waals surface area (Å²) in [6.07, 6.45) is 3.76. The third-order valence-corrected chi connectivity index (χ3v) is 6.28. The molecule has 2 aromatic rings. The van der Waals surface area contributed by atoms with Crippen molar-refractivity contribution in [3.8, 4) is 0 Å². The highest BCUT2D eigenvalue weighted by molar-refractivity contribution is 5.96. The minimum absolute atomic E-state index is 0.0211. The summed E-state index contributed by atoms with van der Waals surface area (Å²) in [6.45, 7) is 12.5. The highest BCUT2D eigenvalue weighted by Crippen LogP contribution is 2.29. The molecule has 0 spiro atoms. The van der Waals surface area contributed by atoms with Gasteiger partial charge in [-0.25, -0.2) is 5.01 Å². The number of hydrazine groups is 1. The van der Waals surface area contributed by atoms with E-state index in [1.807, 2.05) is 37.4 Å². The van der Waals surface area contributed by atoms with Gasteiger partial charge in [0.05, 0.1) is 6.54 Å². The first kappa shape index (κ1) is 29.9. The van der Waals surface area contributed by atoms with Crippen molar-refractivity contribution in [1.29, 1.82) is 0 Å². The molecule has 0 fully saturated rings. The van der Waals surface area contributed by atoms with E-state index >= 15 is 0 Å². The summed E-state index contributed by atoms with van der Waals surface area (Å²) in [5.41, 5.74) is 10.2. The minimum atomic E-state index is 0.0211. The molecule has 0 unspecified atom stereocenters. The number of nitrogens with two attached hydrogens (primary N) is 1. The smallest absolute Gasteiger partial charge is 0.255 e. The Labute approximate surface area is 222 Å². The second-order valence-electron chi connectivity index (χ2n) is 9.50. The van der Waals surface area contributed by atoms with Gasteiger partial charge < -0.3 is 21.3 Å². The normalized spacial score (nSPS) is 14.0. The van der Waals surface area contributed by atoms with Crippen LogP contribution >= 0.6 is 0 Å². The molecule has 2 aliphatic heterocycles. The van der Waals surface area contributed by atoms with Crippen LogP contribution in [0.5, 0.6) is 0 Å². The molecular formula is C29H44N6O2. The molecule has 8 heteroatoms. The average molecular weight is 509 g/mol. The van der Waals surface area contributed by atoms with Crippen LogP contribution in [0.4, 0.5) is 11.4 Å². The molecule has 4 rings (SSSR count). The van der Waals surface area contributed by atoms with Gasteiger partial charge >= 0.3 is 0 Å². The van der Waals surface area contributed by atoms with Crippen LogP contribution in [-0.4, -0.2) is 55.1 Å². The number of rotatable bonds is 7. The number of hydrogen-bond acceptors (Lipinski definition) is 6. The van der Waals surface area contributed by atoms with E-state index in [-0.39, 0.29) is 18.4 Å². The molecule has 0 atom stereocenters. The molecule has 0 saturated heterocycles. The van der Waals surface area contributed by atoms with Crippen LogP contribution in [0.15, 0.2) is 55.2 Å². The van der Waals surface area contributed by atoms with E-state index in [1.54, 1.807) is 17.0 Å². The Hall–Kier alpha value is -3.36. The van der Waals surface area contributed by atoms with Crippen molar-refractivity contribution in [1.82, 2.24) is 15.3 Å². The molecule has 2 heterocycles. The number of nitrogens with one attached hydrogen (secondary N) is 2. The number of benzene rings is 2. The number of carbonyl (C=O) groups excluding carboxylic acids is 2. The molecule has 37 heavy (non-hydrogen) atoms. The lowest BCUT2D eigenvalue weighted by atomic mass is 10.0. The Balaban J connectivity index is 0.000000413. The van der Waals surface area contributed by atoms with Gasteiger partial charge in [-0.1, -0.05) is 51.6 Å². The lowest BCUT2D eigenvalue weighted by Gasteiger charge is -2.28. The Morgan fingerprint density at radius 3 is 2.30 bits per heavy atom. The summed E-state index contributed by atoms with van der Waals surface area (Å²) < 4.78 is 0. The van der Waals surface area contributed by atoms with Crippen LogP contribution < -0.4 is 21.3 Å². The Kier molecular flexibility index (Phi) is 12.1. The summed E-state index contributed by atoms with van der Waals surface area (Å²) >= 11 is 0. The molecule has 0 aromatic heterocycles. The number of anilines is 2. The molecule has 2 aliphatic rings. The summed E-state index contributed by atoms with van der Waals surface area (Å²) in [6, 6.07) is 14.9. The van der Waals surface area contributed by atoms with Crippen molar-refractivity contribution in [3.63, 3.8) is 0 Å². The molecule has 0 saturated carbocycles. The van der Waals surface area contributed by atoms with E-state index in [0.717, 1.165) is 43.0 Å². The van der Waals surface area contributed by atoms with Gasteiger partial charge in [0.2, 0.25) is 5.91 Å². The van der Waals surface area contributed by atoms with E-state index < -0.39 is 0 Å². The fourth-order valence-corrected chi connectivity index (χ4v) is 4.18. The van der Waals surface area contributed by atoms with Crippen molar-refractivity contribution >= 4 is 23.2 Å². The molecule has 0 radical (unpaired) electrons. The molecule has 8 nitrogen and oxygen atoms in total. The maximum absolute atomic E-state index is 12.6. The second kappa shape index (κ2) is 15.0. The van der Waals surface area contributed by atoms with Gasteiger partial charge in [0, 0.05) is 51.0 Å². The van der Waals surface area contributed by atoms with Crippen LogP contribution in [0.25, 0.3) is 0 Å². The maximum Gasteiger partial charge on any atom is 0.255 e. The van der Waals surface area contributed by atoms with Gasteiger partial charge in [-0.05, 0) is 60.5 Å². The van der Waals surface area contributed by atoms with Crippen LogP contribution in [0, 0.1) is 0 Å². The molecule has 2 amide bonds. The Bertz CT molecular complexity index is 1010. The summed E-state index contributed by atoms with van der Waals surface area (Å²) in [4.78, 5) is 26.1. The van der Waals surface area contributed by atoms with E-state index in [9.17, 15) is 9.59 Å².